The number of rotatable bonds is 3. The van der Waals surface area contributed by atoms with E-state index in [9.17, 15) is 8.42 Å². The van der Waals surface area contributed by atoms with Crippen LogP contribution in [0.4, 0.5) is 0 Å². The Kier molecular flexibility index (Phi) is 3.60. The summed E-state index contributed by atoms with van der Waals surface area (Å²) in [4.78, 5) is 0.657. The summed E-state index contributed by atoms with van der Waals surface area (Å²) in [5.74, 6) is 1.10. The number of benzene rings is 2. The first kappa shape index (κ1) is 12.9. The third-order valence-electron chi connectivity index (χ3n) is 2.19. The van der Waals surface area contributed by atoms with Crippen molar-refractivity contribution in [3.8, 4) is 11.5 Å². The monoisotopic (exact) mass is 282 g/mol. The van der Waals surface area contributed by atoms with Crippen LogP contribution in [0.3, 0.4) is 0 Å². The van der Waals surface area contributed by atoms with E-state index in [1.165, 1.54) is 24.3 Å². The van der Waals surface area contributed by atoms with Crippen molar-refractivity contribution in [2.45, 2.75) is 9.79 Å². The average Bonchev–Trinajstić information content (AvgIpc) is 2.32. The fraction of sp³-hybridized carbons (Fsp3) is 0. The van der Waals surface area contributed by atoms with Crippen molar-refractivity contribution in [3.05, 3.63) is 48.5 Å². The molecule has 4 nitrogen and oxygen atoms in total. The van der Waals surface area contributed by atoms with Gasteiger partial charge in [-0.3, -0.25) is 4.55 Å². The molecule has 0 spiro atoms. The number of hydrogen-bond acceptors (Lipinski definition) is 4. The van der Waals surface area contributed by atoms with Gasteiger partial charge in [-0.25, -0.2) is 0 Å². The second-order valence-corrected chi connectivity index (χ2v) is 5.48. The molecule has 18 heavy (non-hydrogen) atoms. The SMILES string of the molecule is O=S(=O)(O)c1ccc(Oc2ccc(S)cc2)cc1. The smallest absolute Gasteiger partial charge is 0.294 e. The van der Waals surface area contributed by atoms with Gasteiger partial charge in [0.05, 0.1) is 4.90 Å². The number of thiol groups is 1. The fourth-order valence-electron chi connectivity index (χ4n) is 1.33. The van der Waals surface area contributed by atoms with Crippen molar-refractivity contribution >= 4 is 22.7 Å². The van der Waals surface area contributed by atoms with Crippen LogP contribution in [0.2, 0.25) is 0 Å². The summed E-state index contributed by atoms with van der Waals surface area (Å²) >= 11 is 4.15. The van der Waals surface area contributed by atoms with E-state index >= 15 is 0 Å². The minimum atomic E-state index is -4.16. The standard InChI is InChI=1S/C12H10O4S2/c13-18(14,15)12-7-3-10(4-8-12)16-9-1-5-11(17)6-2-9/h1-8,17H,(H,13,14,15). The van der Waals surface area contributed by atoms with E-state index < -0.39 is 10.1 Å². The van der Waals surface area contributed by atoms with Crippen molar-refractivity contribution < 1.29 is 17.7 Å². The van der Waals surface area contributed by atoms with Gasteiger partial charge < -0.3 is 4.74 Å². The third-order valence-corrected chi connectivity index (χ3v) is 3.36. The molecule has 0 saturated carbocycles. The molecule has 2 rings (SSSR count). The van der Waals surface area contributed by atoms with Crippen LogP contribution in [0.25, 0.3) is 0 Å². The van der Waals surface area contributed by atoms with Gasteiger partial charge in [-0.05, 0) is 48.5 Å². The van der Waals surface area contributed by atoms with Crippen LogP contribution in [0.15, 0.2) is 58.3 Å². The van der Waals surface area contributed by atoms with Gasteiger partial charge in [-0.1, -0.05) is 0 Å². The van der Waals surface area contributed by atoms with Crippen LogP contribution in [0.5, 0.6) is 11.5 Å². The largest absolute Gasteiger partial charge is 0.457 e. The molecule has 1 N–H and O–H groups in total. The van der Waals surface area contributed by atoms with Crippen LogP contribution in [-0.4, -0.2) is 13.0 Å². The lowest BCUT2D eigenvalue weighted by Gasteiger charge is -2.06. The van der Waals surface area contributed by atoms with Crippen molar-refractivity contribution in [1.29, 1.82) is 0 Å². The summed E-state index contributed by atoms with van der Waals surface area (Å²) in [6.07, 6.45) is 0. The normalized spacial score (nSPS) is 11.2. The van der Waals surface area contributed by atoms with E-state index in [0.717, 1.165) is 4.90 Å². The molecule has 0 aromatic heterocycles. The minimum absolute atomic E-state index is 0.166. The molecular weight excluding hydrogens is 272 g/mol. The van der Waals surface area contributed by atoms with Crippen LogP contribution < -0.4 is 4.74 Å². The van der Waals surface area contributed by atoms with Crippen LogP contribution >= 0.6 is 12.6 Å². The van der Waals surface area contributed by atoms with Gasteiger partial charge in [0.1, 0.15) is 11.5 Å². The highest BCUT2D eigenvalue weighted by molar-refractivity contribution is 7.85. The maximum Gasteiger partial charge on any atom is 0.294 e. The van der Waals surface area contributed by atoms with Crippen molar-refractivity contribution in [1.82, 2.24) is 0 Å². The zero-order chi connectivity index (χ0) is 13.2. The molecule has 94 valence electrons. The second-order valence-electron chi connectivity index (χ2n) is 3.54. The molecule has 2 aromatic carbocycles. The minimum Gasteiger partial charge on any atom is -0.457 e. The lowest BCUT2D eigenvalue weighted by Crippen LogP contribution is -1.97. The molecule has 0 fully saturated rings. The van der Waals surface area contributed by atoms with Gasteiger partial charge in [-0.2, -0.15) is 8.42 Å². The van der Waals surface area contributed by atoms with Crippen molar-refractivity contribution in [2.75, 3.05) is 0 Å². The molecule has 6 heteroatoms. The molecular formula is C12H10O4S2. The van der Waals surface area contributed by atoms with Crippen molar-refractivity contribution in [2.24, 2.45) is 0 Å². The van der Waals surface area contributed by atoms with Crippen LogP contribution in [-0.2, 0) is 10.1 Å². The van der Waals surface area contributed by atoms with E-state index in [1.54, 1.807) is 24.3 Å². The molecule has 2 aromatic rings. The Morgan fingerprint density at radius 1 is 0.889 bits per heavy atom. The summed E-state index contributed by atoms with van der Waals surface area (Å²) < 4.78 is 36.0. The van der Waals surface area contributed by atoms with Gasteiger partial charge in [-0.15, -0.1) is 12.6 Å². The molecule has 0 bridgehead atoms. The highest BCUT2D eigenvalue weighted by Gasteiger charge is 2.08. The second kappa shape index (κ2) is 5.01. The predicted molar refractivity (Wildman–Crippen MR) is 70.0 cm³/mol. The Labute approximate surface area is 110 Å². The van der Waals surface area contributed by atoms with E-state index in [1.807, 2.05) is 0 Å². The quantitative estimate of drug-likeness (QED) is 0.671. The Morgan fingerprint density at radius 3 is 1.78 bits per heavy atom. The third kappa shape index (κ3) is 3.25. The fourth-order valence-corrected chi connectivity index (χ4v) is 1.96. The van der Waals surface area contributed by atoms with Gasteiger partial charge in [0.2, 0.25) is 0 Å². The Hall–Kier alpha value is -1.50. The lowest BCUT2D eigenvalue weighted by atomic mass is 10.3. The molecule has 0 aliphatic heterocycles. The summed E-state index contributed by atoms with van der Waals surface area (Å²) in [7, 11) is -4.16. The number of hydrogen-bond donors (Lipinski definition) is 2. The highest BCUT2D eigenvalue weighted by Crippen LogP contribution is 2.23. The Balaban J connectivity index is 2.18. The van der Waals surface area contributed by atoms with Gasteiger partial charge >= 0.3 is 0 Å². The van der Waals surface area contributed by atoms with E-state index in [-0.39, 0.29) is 4.90 Å². The Morgan fingerprint density at radius 2 is 1.33 bits per heavy atom. The summed E-state index contributed by atoms with van der Waals surface area (Å²) in [6, 6.07) is 12.6. The zero-order valence-corrected chi connectivity index (χ0v) is 10.9. The Bertz CT molecular complexity index is 631. The van der Waals surface area contributed by atoms with E-state index in [2.05, 4.69) is 12.6 Å². The van der Waals surface area contributed by atoms with E-state index in [0.29, 0.717) is 11.5 Å². The molecule has 0 saturated heterocycles. The lowest BCUT2D eigenvalue weighted by molar-refractivity contribution is 0.477. The molecule has 0 unspecified atom stereocenters. The average molecular weight is 282 g/mol. The summed E-state index contributed by atoms with van der Waals surface area (Å²) in [6.45, 7) is 0. The predicted octanol–water partition coefficient (Wildman–Crippen LogP) is 3.01. The van der Waals surface area contributed by atoms with Crippen molar-refractivity contribution in [3.63, 3.8) is 0 Å². The first-order chi connectivity index (χ1) is 8.45. The zero-order valence-electron chi connectivity index (χ0n) is 9.15. The van der Waals surface area contributed by atoms with Gasteiger partial charge in [0.15, 0.2) is 0 Å². The molecule has 0 aliphatic carbocycles. The number of ether oxygens (including phenoxy) is 1. The van der Waals surface area contributed by atoms with Gasteiger partial charge in [0.25, 0.3) is 10.1 Å². The summed E-state index contributed by atoms with van der Waals surface area (Å²) in [5.41, 5.74) is 0. The molecule has 0 heterocycles. The van der Waals surface area contributed by atoms with Gasteiger partial charge in [0, 0.05) is 4.90 Å². The molecule has 0 amide bonds. The van der Waals surface area contributed by atoms with Crippen LogP contribution in [0, 0.1) is 0 Å². The molecule has 0 radical (unpaired) electrons. The maximum absolute atomic E-state index is 10.8. The van der Waals surface area contributed by atoms with Crippen LogP contribution in [0.1, 0.15) is 0 Å². The van der Waals surface area contributed by atoms with E-state index in [4.69, 9.17) is 9.29 Å². The topological polar surface area (TPSA) is 63.6 Å². The maximum atomic E-state index is 10.8. The first-order valence-corrected chi connectivity index (χ1v) is 6.88. The molecule has 0 atom stereocenters. The molecule has 0 aliphatic rings. The summed E-state index contributed by atoms with van der Waals surface area (Å²) in [5, 5.41) is 0. The highest BCUT2D eigenvalue weighted by atomic mass is 32.2. The first-order valence-electron chi connectivity index (χ1n) is 4.99.